The molecule has 5 nitrogen and oxygen atoms in total. The van der Waals surface area contributed by atoms with Crippen molar-refractivity contribution in [3.8, 4) is 0 Å². The van der Waals surface area contributed by atoms with E-state index in [2.05, 4.69) is 0 Å². The number of aliphatic hydroxyl groups is 1. The second kappa shape index (κ2) is 5.55. The summed E-state index contributed by atoms with van der Waals surface area (Å²) >= 11 is 0. The topological polar surface area (TPSA) is 65.0 Å². The van der Waals surface area contributed by atoms with Gasteiger partial charge in [0, 0.05) is 6.42 Å². The van der Waals surface area contributed by atoms with Crippen LogP contribution in [0.4, 0.5) is 0 Å². The fourth-order valence-corrected chi connectivity index (χ4v) is 2.03. The molecule has 1 rings (SSSR count). The maximum absolute atomic E-state index is 11.7. The molecule has 2 atom stereocenters. The smallest absolute Gasteiger partial charge is 0.308 e. The van der Waals surface area contributed by atoms with Gasteiger partial charge in [-0.3, -0.25) is 4.79 Å². The van der Waals surface area contributed by atoms with E-state index in [0.29, 0.717) is 6.42 Å². The van der Waals surface area contributed by atoms with Crippen LogP contribution >= 0.6 is 0 Å². The van der Waals surface area contributed by atoms with Crippen molar-refractivity contribution < 1.29 is 24.1 Å². The number of ether oxygens (including phenoxy) is 3. The molecule has 5 heteroatoms. The lowest BCUT2D eigenvalue weighted by Gasteiger charge is -2.40. The Kier molecular flexibility index (Phi) is 4.75. The van der Waals surface area contributed by atoms with Gasteiger partial charge in [-0.25, -0.2) is 0 Å². The zero-order chi connectivity index (χ0) is 14.0. The number of carbonyl (C=O) groups is 1. The zero-order valence-electron chi connectivity index (χ0n) is 11.9. The molecular formula is C13H24O5. The molecule has 0 radical (unpaired) electrons. The minimum Gasteiger partial charge on any atom is -0.460 e. The summed E-state index contributed by atoms with van der Waals surface area (Å²) in [5.41, 5.74) is -0.492. The molecular weight excluding hydrogens is 236 g/mol. The van der Waals surface area contributed by atoms with Crippen molar-refractivity contribution in [3.05, 3.63) is 0 Å². The first-order chi connectivity index (χ1) is 8.11. The Balaban J connectivity index is 2.53. The third-order valence-corrected chi connectivity index (χ3v) is 2.44. The van der Waals surface area contributed by atoms with Crippen molar-refractivity contribution in [2.24, 2.45) is 0 Å². The van der Waals surface area contributed by atoms with E-state index in [4.69, 9.17) is 19.3 Å². The van der Waals surface area contributed by atoms with Gasteiger partial charge in [0.2, 0.25) is 0 Å². The molecule has 0 spiro atoms. The Bertz CT molecular complexity index is 292. The molecule has 0 aromatic carbocycles. The molecule has 0 bridgehead atoms. The summed E-state index contributed by atoms with van der Waals surface area (Å²) in [5.74, 6) is -1.07. The van der Waals surface area contributed by atoms with E-state index in [-0.39, 0.29) is 31.2 Å². The van der Waals surface area contributed by atoms with Gasteiger partial charge >= 0.3 is 5.97 Å². The van der Waals surface area contributed by atoms with Crippen LogP contribution < -0.4 is 0 Å². The first kappa shape index (κ1) is 15.4. The second-order valence-electron chi connectivity index (χ2n) is 6.09. The Morgan fingerprint density at radius 1 is 1.33 bits per heavy atom. The number of hydrogen-bond acceptors (Lipinski definition) is 5. The lowest BCUT2D eigenvalue weighted by atomic mass is 10.1. The molecule has 18 heavy (non-hydrogen) atoms. The average molecular weight is 260 g/mol. The Morgan fingerprint density at radius 3 is 2.39 bits per heavy atom. The minimum atomic E-state index is -0.779. The van der Waals surface area contributed by atoms with Gasteiger partial charge in [0.15, 0.2) is 5.79 Å². The number of hydrogen-bond donors (Lipinski definition) is 1. The summed E-state index contributed by atoms with van der Waals surface area (Å²) in [4.78, 5) is 11.7. The van der Waals surface area contributed by atoms with E-state index in [9.17, 15) is 4.79 Å². The maximum atomic E-state index is 11.7. The molecule has 1 aliphatic rings. The van der Waals surface area contributed by atoms with Crippen LogP contribution in [-0.4, -0.2) is 41.3 Å². The fourth-order valence-electron chi connectivity index (χ4n) is 2.03. The SMILES string of the molecule is CC(C)(C)OC(=O)C[C@H]1C[C@H](CO)OC(C)(C)O1. The van der Waals surface area contributed by atoms with Gasteiger partial charge in [0.1, 0.15) is 5.60 Å². The van der Waals surface area contributed by atoms with E-state index < -0.39 is 11.4 Å². The van der Waals surface area contributed by atoms with Gasteiger partial charge in [0.25, 0.3) is 0 Å². The third kappa shape index (κ3) is 5.33. The van der Waals surface area contributed by atoms with Crippen molar-refractivity contribution in [1.29, 1.82) is 0 Å². The van der Waals surface area contributed by atoms with E-state index >= 15 is 0 Å². The van der Waals surface area contributed by atoms with Crippen LogP contribution in [0.5, 0.6) is 0 Å². The van der Waals surface area contributed by atoms with Crippen LogP contribution in [0.2, 0.25) is 0 Å². The molecule has 0 saturated carbocycles. The summed E-state index contributed by atoms with van der Waals surface area (Å²) in [6, 6.07) is 0. The van der Waals surface area contributed by atoms with Gasteiger partial charge in [-0.15, -0.1) is 0 Å². The molecule has 0 aromatic rings. The predicted octanol–water partition coefficient (Wildman–Crippen LogP) is 1.62. The van der Waals surface area contributed by atoms with Gasteiger partial charge in [-0.05, 0) is 34.6 Å². The van der Waals surface area contributed by atoms with E-state index in [1.807, 2.05) is 20.8 Å². The molecule has 1 heterocycles. The number of carbonyl (C=O) groups excluding carboxylic acids is 1. The van der Waals surface area contributed by atoms with Crippen molar-refractivity contribution >= 4 is 5.97 Å². The summed E-state index contributed by atoms with van der Waals surface area (Å²) in [7, 11) is 0. The molecule has 1 fully saturated rings. The Morgan fingerprint density at radius 2 is 1.89 bits per heavy atom. The van der Waals surface area contributed by atoms with Gasteiger partial charge in [0.05, 0.1) is 25.2 Å². The van der Waals surface area contributed by atoms with Crippen LogP contribution in [0.1, 0.15) is 47.5 Å². The summed E-state index contributed by atoms with van der Waals surface area (Å²) in [6.45, 7) is 8.97. The van der Waals surface area contributed by atoms with Crippen LogP contribution in [0, 0.1) is 0 Å². The fraction of sp³-hybridized carbons (Fsp3) is 0.923. The molecule has 1 N–H and O–H groups in total. The molecule has 0 unspecified atom stereocenters. The van der Waals surface area contributed by atoms with E-state index in [1.54, 1.807) is 13.8 Å². The summed E-state index contributed by atoms with van der Waals surface area (Å²) < 4.78 is 16.4. The average Bonchev–Trinajstić information content (AvgIpc) is 2.11. The normalized spacial score (nSPS) is 27.9. The summed E-state index contributed by atoms with van der Waals surface area (Å²) in [5, 5.41) is 9.16. The van der Waals surface area contributed by atoms with Crippen LogP contribution in [0.3, 0.4) is 0 Å². The molecule has 0 aromatic heterocycles. The molecule has 0 aliphatic carbocycles. The Hall–Kier alpha value is -0.650. The number of aliphatic hydroxyl groups excluding tert-OH is 1. The van der Waals surface area contributed by atoms with Gasteiger partial charge in [-0.1, -0.05) is 0 Å². The minimum absolute atomic E-state index is 0.0718. The highest BCUT2D eigenvalue weighted by Gasteiger charge is 2.36. The van der Waals surface area contributed by atoms with Crippen molar-refractivity contribution in [2.45, 2.75) is 71.1 Å². The van der Waals surface area contributed by atoms with Gasteiger partial charge < -0.3 is 19.3 Å². The van der Waals surface area contributed by atoms with Crippen LogP contribution in [0.15, 0.2) is 0 Å². The number of rotatable bonds is 3. The third-order valence-electron chi connectivity index (χ3n) is 2.44. The Labute approximate surface area is 108 Å². The largest absolute Gasteiger partial charge is 0.460 e. The number of esters is 1. The highest BCUT2D eigenvalue weighted by Crippen LogP contribution is 2.28. The second-order valence-corrected chi connectivity index (χ2v) is 6.09. The van der Waals surface area contributed by atoms with Crippen molar-refractivity contribution in [3.63, 3.8) is 0 Å². The maximum Gasteiger partial charge on any atom is 0.308 e. The van der Waals surface area contributed by atoms with Crippen molar-refractivity contribution in [2.75, 3.05) is 6.61 Å². The summed E-state index contributed by atoms with van der Waals surface area (Å²) in [6.07, 6.45) is 0.113. The molecule has 0 amide bonds. The lowest BCUT2D eigenvalue weighted by Crippen LogP contribution is -2.46. The standard InChI is InChI=1S/C13H24O5/c1-12(2,3)18-11(15)7-9-6-10(8-14)17-13(4,5)16-9/h9-10,14H,6-8H2,1-5H3/t9-,10-/m1/s1. The van der Waals surface area contributed by atoms with Crippen molar-refractivity contribution in [1.82, 2.24) is 0 Å². The van der Waals surface area contributed by atoms with E-state index in [0.717, 1.165) is 0 Å². The molecule has 106 valence electrons. The first-order valence-corrected chi connectivity index (χ1v) is 6.29. The zero-order valence-corrected chi connectivity index (χ0v) is 11.9. The van der Waals surface area contributed by atoms with Crippen LogP contribution in [-0.2, 0) is 19.0 Å². The monoisotopic (exact) mass is 260 g/mol. The highest BCUT2D eigenvalue weighted by atomic mass is 16.7. The lowest BCUT2D eigenvalue weighted by molar-refractivity contribution is -0.304. The van der Waals surface area contributed by atoms with E-state index in [1.165, 1.54) is 0 Å². The molecule has 1 aliphatic heterocycles. The van der Waals surface area contributed by atoms with Crippen LogP contribution in [0.25, 0.3) is 0 Å². The van der Waals surface area contributed by atoms with Gasteiger partial charge in [-0.2, -0.15) is 0 Å². The molecule has 1 saturated heterocycles. The quantitative estimate of drug-likeness (QED) is 0.781. The first-order valence-electron chi connectivity index (χ1n) is 6.29. The highest BCUT2D eigenvalue weighted by molar-refractivity contribution is 5.70. The predicted molar refractivity (Wildman–Crippen MR) is 66.0 cm³/mol.